The van der Waals surface area contributed by atoms with Crippen LogP contribution in [-0.2, 0) is 23.9 Å². The largest absolute Gasteiger partial charge is 0.506 e. The molecule has 0 saturated heterocycles. The molecule has 13 nitrogen and oxygen atoms in total. The number of hydrogen-bond donors (Lipinski definition) is 3. The van der Waals surface area contributed by atoms with Crippen LogP contribution in [0.2, 0.25) is 0 Å². The van der Waals surface area contributed by atoms with Crippen LogP contribution in [0.1, 0.15) is 57.2 Å². The molecule has 248 valence electrons. The number of ether oxygens (including phenoxy) is 2. The number of esters is 1. The zero-order chi connectivity index (χ0) is 34.1. The molecular formula is C34H39N5O8. The molecule has 1 atom stereocenters. The van der Waals surface area contributed by atoms with Crippen molar-refractivity contribution >= 4 is 40.8 Å². The van der Waals surface area contributed by atoms with Crippen LogP contribution >= 0.6 is 0 Å². The van der Waals surface area contributed by atoms with E-state index in [1.165, 1.54) is 24.5 Å². The van der Waals surface area contributed by atoms with Gasteiger partial charge in [0, 0.05) is 24.7 Å². The molecule has 0 bridgehead atoms. The number of aromatic nitrogens is 2. The molecule has 0 aliphatic carbocycles. The summed E-state index contributed by atoms with van der Waals surface area (Å²) in [4.78, 5) is 60.3. The minimum atomic E-state index is -0.727. The number of phenolic OH excluding ortho intramolecular Hbond substituents is 1. The highest BCUT2D eigenvalue weighted by atomic mass is 16.6. The Balaban J connectivity index is 1.34. The van der Waals surface area contributed by atoms with Crippen LogP contribution < -0.4 is 15.5 Å². The van der Waals surface area contributed by atoms with E-state index in [1.54, 1.807) is 63.4 Å². The molecule has 47 heavy (non-hydrogen) atoms. The lowest BCUT2D eigenvalue weighted by atomic mass is 9.98. The number of carbonyl (C=O) groups excluding carboxylic acids is 4. The van der Waals surface area contributed by atoms with Crippen molar-refractivity contribution in [3.05, 3.63) is 72.2 Å². The zero-order valence-electron chi connectivity index (χ0n) is 27.0. The predicted octanol–water partition coefficient (Wildman–Crippen LogP) is 4.96. The average molecular weight is 646 g/mol. The van der Waals surface area contributed by atoms with E-state index in [-0.39, 0.29) is 37.6 Å². The van der Waals surface area contributed by atoms with Crippen LogP contribution in [0.3, 0.4) is 0 Å². The van der Waals surface area contributed by atoms with E-state index in [2.05, 4.69) is 20.6 Å². The summed E-state index contributed by atoms with van der Waals surface area (Å²) in [6.07, 6.45) is 2.48. The predicted molar refractivity (Wildman–Crippen MR) is 173 cm³/mol. The van der Waals surface area contributed by atoms with Gasteiger partial charge in [-0.15, -0.1) is 0 Å². The Labute approximate surface area is 272 Å². The molecule has 2 aromatic carbocycles. The Bertz CT molecular complexity index is 1730. The molecule has 0 aliphatic heterocycles. The van der Waals surface area contributed by atoms with Crippen molar-refractivity contribution in [3.63, 3.8) is 0 Å². The van der Waals surface area contributed by atoms with Gasteiger partial charge in [-0.2, -0.15) is 0 Å². The summed E-state index contributed by atoms with van der Waals surface area (Å²) in [7, 11) is 1.26. The number of fused-ring (bicyclic) bond motifs is 1. The number of nitrogens with zero attached hydrogens (tertiary/aromatic N) is 3. The Morgan fingerprint density at radius 3 is 2.45 bits per heavy atom. The lowest BCUT2D eigenvalue weighted by Gasteiger charge is -2.27. The summed E-state index contributed by atoms with van der Waals surface area (Å²) in [5, 5.41) is 15.4. The fraction of sp³-hybridized carbons (Fsp3) is 0.353. The van der Waals surface area contributed by atoms with E-state index in [9.17, 15) is 24.3 Å². The van der Waals surface area contributed by atoms with Gasteiger partial charge >= 0.3 is 12.1 Å². The van der Waals surface area contributed by atoms with Crippen LogP contribution in [0.15, 0.2) is 65.5 Å². The number of anilines is 1. The third kappa shape index (κ3) is 9.52. The van der Waals surface area contributed by atoms with Crippen molar-refractivity contribution in [2.45, 2.75) is 58.6 Å². The lowest BCUT2D eigenvalue weighted by Crippen LogP contribution is -2.40. The van der Waals surface area contributed by atoms with E-state index in [4.69, 9.17) is 13.9 Å². The van der Waals surface area contributed by atoms with E-state index in [0.29, 0.717) is 34.5 Å². The molecule has 0 aliphatic rings. The second-order valence-electron chi connectivity index (χ2n) is 11.9. The standard InChI is InChI=1S/C34H39N5O8/c1-21-14-15-35-27(17-21)39(33(44)47-34(2,3)4)16-6-7-28(41)36-19-29(42)38-25(18-30(43)45-5)23-10-8-22(9-11-23)24-12-13-26(40)31-32(24)46-20-37-31/h8-15,17,20,25,40H,6-7,16,18-19H2,1-5H3,(H,36,41)(H,38,42)/t25-/m0/s1. The Morgan fingerprint density at radius 2 is 1.77 bits per heavy atom. The highest BCUT2D eigenvalue weighted by Gasteiger charge is 2.25. The maximum absolute atomic E-state index is 12.9. The number of hydrogen-bond acceptors (Lipinski definition) is 10. The number of aromatic hydroxyl groups is 1. The topological polar surface area (TPSA) is 173 Å². The fourth-order valence-electron chi connectivity index (χ4n) is 4.76. The molecule has 0 fully saturated rings. The third-order valence-electron chi connectivity index (χ3n) is 7.04. The average Bonchev–Trinajstić information content (AvgIpc) is 3.52. The SMILES string of the molecule is COC(=O)C[C@H](NC(=O)CNC(=O)CCCN(C(=O)OC(C)(C)C)c1cc(C)ccn1)c1ccc(-c2ccc(O)c3ncoc23)cc1. The number of benzene rings is 2. The summed E-state index contributed by atoms with van der Waals surface area (Å²) in [6.45, 7) is 7.04. The number of nitrogens with one attached hydrogen (secondary N) is 2. The summed E-state index contributed by atoms with van der Waals surface area (Å²) in [5.41, 5.74) is 3.09. The van der Waals surface area contributed by atoms with Gasteiger partial charge in [-0.1, -0.05) is 24.3 Å². The molecule has 4 aromatic rings. The van der Waals surface area contributed by atoms with E-state index in [0.717, 1.165) is 11.1 Å². The van der Waals surface area contributed by atoms with Crippen LogP contribution in [0.5, 0.6) is 5.75 Å². The molecule has 2 aromatic heterocycles. The van der Waals surface area contributed by atoms with Gasteiger partial charge in [0.15, 0.2) is 17.5 Å². The van der Waals surface area contributed by atoms with Gasteiger partial charge in [-0.3, -0.25) is 19.3 Å². The molecule has 0 unspecified atom stereocenters. The molecule has 0 saturated carbocycles. The maximum atomic E-state index is 12.9. The summed E-state index contributed by atoms with van der Waals surface area (Å²) in [5.74, 6) is -0.994. The van der Waals surface area contributed by atoms with E-state index < -0.39 is 29.6 Å². The second-order valence-corrected chi connectivity index (χ2v) is 11.9. The molecule has 2 heterocycles. The van der Waals surface area contributed by atoms with Crippen LogP contribution in [0.4, 0.5) is 10.6 Å². The lowest BCUT2D eigenvalue weighted by molar-refractivity contribution is -0.141. The van der Waals surface area contributed by atoms with E-state index >= 15 is 0 Å². The molecule has 0 radical (unpaired) electrons. The summed E-state index contributed by atoms with van der Waals surface area (Å²) in [6, 6.07) is 13.2. The number of aryl methyl sites for hydroxylation is 1. The smallest absolute Gasteiger partial charge is 0.416 e. The number of phenols is 1. The van der Waals surface area contributed by atoms with Crippen LogP contribution in [-0.4, -0.2) is 64.8 Å². The Kier molecular flexibility index (Phi) is 11.1. The normalized spacial score (nSPS) is 11.9. The Morgan fingerprint density at radius 1 is 1.02 bits per heavy atom. The second kappa shape index (κ2) is 15.2. The minimum absolute atomic E-state index is 0.00407. The van der Waals surface area contributed by atoms with Crippen LogP contribution in [0, 0.1) is 6.92 Å². The fourth-order valence-corrected chi connectivity index (χ4v) is 4.76. The van der Waals surface area contributed by atoms with Gasteiger partial charge in [-0.05, 0) is 75.1 Å². The molecule has 0 spiro atoms. The van der Waals surface area contributed by atoms with Gasteiger partial charge in [0.2, 0.25) is 11.8 Å². The van der Waals surface area contributed by atoms with Gasteiger partial charge in [0.25, 0.3) is 0 Å². The first-order chi connectivity index (χ1) is 22.3. The maximum Gasteiger partial charge on any atom is 0.416 e. The number of amides is 3. The number of pyridine rings is 1. The van der Waals surface area contributed by atoms with Crippen molar-refractivity contribution in [3.8, 4) is 16.9 Å². The van der Waals surface area contributed by atoms with Crippen molar-refractivity contribution in [1.29, 1.82) is 0 Å². The van der Waals surface area contributed by atoms with Gasteiger partial charge in [0.1, 0.15) is 17.2 Å². The first-order valence-corrected chi connectivity index (χ1v) is 15.1. The van der Waals surface area contributed by atoms with Crippen molar-refractivity contribution < 1.29 is 38.2 Å². The number of rotatable bonds is 12. The van der Waals surface area contributed by atoms with Gasteiger partial charge < -0.3 is 29.6 Å². The van der Waals surface area contributed by atoms with Crippen LogP contribution in [0.25, 0.3) is 22.2 Å². The highest BCUT2D eigenvalue weighted by molar-refractivity contribution is 5.93. The molecule has 3 amide bonds. The molecular weight excluding hydrogens is 606 g/mol. The molecule has 13 heteroatoms. The summed E-state index contributed by atoms with van der Waals surface area (Å²) < 4.78 is 15.8. The van der Waals surface area contributed by atoms with Crippen molar-refractivity contribution in [1.82, 2.24) is 20.6 Å². The number of carbonyl (C=O) groups is 4. The first-order valence-electron chi connectivity index (χ1n) is 15.1. The summed E-state index contributed by atoms with van der Waals surface area (Å²) >= 11 is 0. The number of methoxy groups -OCH3 is 1. The highest BCUT2D eigenvalue weighted by Crippen LogP contribution is 2.34. The van der Waals surface area contributed by atoms with Crippen molar-refractivity contribution in [2.75, 3.05) is 25.1 Å². The van der Waals surface area contributed by atoms with E-state index in [1.807, 2.05) is 13.0 Å². The Hall–Kier alpha value is -5.46. The number of oxazole rings is 1. The van der Waals surface area contributed by atoms with Gasteiger partial charge in [0.05, 0.1) is 26.1 Å². The van der Waals surface area contributed by atoms with Gasteiger partial charge in [-0.25, -0.2) is 14.8 Å². The quantitative estimate of drug-likeness (QED) is 0.179. The minimum Gasteiger partial charge on any atom is -0.506 e. The first kappa shape index (κ1) is 34.4. The molecule has 4 rings (SSSR count). The molecule has 3 N–H and O–H groups in total. The third-order valence-corrected chi connectivity index (χ3v) is 7.04. The monoisotopic (exact) mass is 645 g/mol. The zero-order valence-corrected chi connectivity index (χ0v) is 27.0. The van der Waals surface area contributed by atoms with Crippen molar-refractivity contribution in [2.24, 2.45) is 0 Å².